The Morgan fingerprint density at radius 3 is 2.76 bits per heavy atom. The van der Waals surface area contributed by atoms with Crippen LogP contribution in [0.15, 0.2) is 24.3 Å². The van der Waals surface area contributed by atoms with Crippen LogP contribution < -0.4 is 10.6 Å². The predicted molar refractivity (Wildman–Crippen MR) is 84.7 cm³/mol. The van der Waals surface area contributed by atoms with E-state index in [1.807, 2.05) is 24.3 Å². The summed E-state index contributed by atoms with van der Waals surface area (Å²) in [5.41, 5.74) is 2.03. The monoisotopic (exact) mass is 291 g/mol. The number of nitrogens with zero attached hydrogens (tertiary/aromatic N) is 1. The predicted octanol–water partition coefficient (Wildman–Crippen LogP) is 2.09. The summed E-state index contributed by atoms with van der Waals surface area (Å²) in [5, 5.41) is 5.87. The summed E-state index contributed by atoms with van der Waals surface area (Å²) in [6.45, 7) is 8.28. The zero-order chi connectivity index (χ0) is 15.1. The van der Waals surface area contributed by atoms with E-state index < -0.39 is 0 Å². The molecule has 1 aliphatic heterocycles. The molecule has 1 atom stereocenters. The molecule has 1 heterocycles. The molecule has 0 bridgehead atoms. The number of carbonyl (C=O) groups is 1. The average Bonchev–Trinajstić information content (AvgIpc) is 2.54. The molecule has 2 rings (SSSR count). The first kappa shape index (κ1) is 15.8. The van der Waals surface area contributed by atoms with Crippen LogP contribution in [0.2, 0.25) is 0 Å². The average molecular weight is 291 g/mol. The summed E-state index contributed by atoms with van der Waals surface area (Å²) >= 11 is 0. The highest BCUT2D eigenvalue weighted by molar-refractivity contribution is 5.90. The van der Waals surface area contributed by atoms with E-state index in [4.69, 9.17) is 4.74 Å². The zero-order valence-electron chi connectivity index (χ0n) is 12.9. The van der Waals surface area contributed by atoms with Crippen molar-refractivity contribution < 1.29 is 9.53 Å². The first-order chi connectivity index (χ1) is 10.2. The van der Waals surface area contributed by atoms with Crippen LogP contribution in [0.1, 0.15) is 19.4 Å². The normalized spacial score (nSPS) is 17.2. The van der Waals surface area contributed by atoms with Crippen LogP contribution in [0.3, 0.4) is 0 Å². The first-order valence-electron chi connectivity index (χ1n) is 7.65. The van der Waals surface area contributed by atoms with Crippen molar-refractivity contribution in [2.24, 2.45) is 0 Å². The van der Waals surface area contributed by atoms with Crippen LogP contribution in [0.4, 0.5) is 10.5 Å². The molecular formula is C16H25N3O2. The summed E-state index contributed by atoms with van der Waals surface area (Å²) in [5.74, 6) is 0. The van der Waals surface area contributed by atoms with Crippen molar-refractivity contribution in [3.05, 3.63) is 29.8 Å². The summed E-state index contributed by atoms with van der Waals surface area (Å²) in [7, 11) is 0. The van der Waals surface area contributed by atoms with Gasteiger partial charge < -0.3 is 15.4 Å². The van der Waals surface area contributed by atoms with Gasteiger partial charge in [-0.3, -0.25) is 4.90 Å². The number of anilines is 1. The number of morpholine rings is 1. The van der Waals surface area contributed by atoms with Gasteiger partial charge in [-0.2, -0.15) is 0 Å². The molecule has 1 aromatic rings. The molecule has 0 radical (unpaired) electrons. The number of urea groups is 1. The van der Waals surface area contributed by atoms with Crippen molar-refractivity contribution >= 4 is 11.7 Å². The smallest absolute Gasteiger partial charge is 0.319 e. The third kappa shape index (κ3) is 4.72. The Morgan fingerprint density at radius 2 is 2.05 bits per heavy atom. The van der Waals surface area contributed by atoms with E-state index in [0.717, 1.165) is 44.0 Å². The standard InChI is InChI=1S/C16H25N3O2/c1-3-14-6-4-5-7-15(14)18-16(20)17-12-13(2)19-8-10-21-11-9-19/h4-7,13H,3,8-12H2,1-2H3,(H2,17,18,20)/t13-/m0/s1. The lowest BCUT2D eigenvalue weighted by Crippen LogP contribution is -2.47. The number of rotatable bonds is 5. The SMILES string of the molecule is CCc1ccccc1NC(=O)NC[C@H](C)N1CCOCC1. The second-order valence-corrected chi connectivity index (χ2v) is 5.34. The molecule has 1 fully saturated rings. The maximum Gasteiger partial charge on any atom is 0.319 e. The molecular weight excluding hydrogens is 266 g/mol. The minimum Gasteiger partial charge on any atom is -0.379 e. The summed E-state index contributed by atoms with van der Waals surface area (Å²) in [6.07, 6.45) is 0.903. The number of amides is 2. The molecule has 0 spiro atoms. The van der Waals surface area contributed by atoms with Crippen molar-refractivity contribution in [2.75, 3.05) is 38.2 Å². The molecule has 5 heteroatoms. The number of aryl methyl sites for hydroxylation is 1. The summed E-state index contributed by atoms with van der Waals surface area (Å²) in [6, 6.07) is 8.07. The van der Waals surface area contributed by atoms with Crippen molar-refractivity contribution in [3.63, 3.8) is 0 Å². The van der Waals surface area contributed by atoms with Crippen LogP contribution in [-0.2, 0) is 11.2 Å². The van der Waals surface area contributed by atoms with Gasteiger partial charge in [-0.05, 0) is 25.0 Å². The molecule has 0 aromatic heterocycles. The lowest BCUT2D eigenvalue weighted by molar-refractivity contribution is 0.0209. The zero-order valence-corrected chi connectivity index (χ0v) is 12.9. The fourth-order valence-electron chi connectivity index (χ4n) is 2.50. The lowest BCUT2D eigenvalue weighted by atomic mass is 10.1. The van der Waals surface area contributed by atoms with E-state index >= 15 is 0 Å². The molecule has 2 N–H and O–H groups in total. The molecule has 1 aromatic carbocycles. The molecule has 21 heavy (non-hydrogen) atoms. The van der Waals surface area contributed by atoms with Crippen LogP contribution in [-0.4, -0.2) is 49.8 Å². The number of benzene rings is 1. The largest absolute Gasteiger partial charge is 0.379 e. The van der Waals surface area contributed by atoms with E-state index in [-0.39, 0.29) is 6.03 Å². The number of hydrogen-bond donors (Lipinski definition) is 2. The van der Waals surface area contributed by atoms with Gasteiger partial charge in [0.25, 0.3) is 0 Å². The highest BCUT2D eigenvalue weighted by Crippen LogP contribution is 2.15. The second-order valence-electron chi connectivity index (χ2n) is 5.34. The lowest BCUT2D eigenvalue weighted by Gasteiger charge is -2.32. The van der Waals surface area contributed by atoms with Gasteiger partial charge in [-0.1, -0.05) is 25.1 Å². The van der Waals surface area contributed by atoms with Crippen molar-refractivity contribution in [1.29, 1.82) is 0 Å². The minimum absolute atomic E-state index is 0.143. The van der Waals surface area contributed by atoms with E-state index in [9.17, 15) is 4.79 Å². The molecule has 5 nitrogen and oxygen atoms in total. The van der Waals surface area contributed by atoms with Crippen molar-refractivity contribution in [3.8, 4) is 0 Å². The fourth-order valence-corrected chi connectivity index (χ4v) is 2.50. The maximum absolute atomic E-state index is 12.0. The Kier molecular flexibility index (Phi) is 6.02. The second kappa shape index (κ2) is 8.00. The maximum atomic E-state index is 12.0. The Labute approximate surface area is 126 Å². The van der Waals surface area contributed by atoms with Gasteiger partial charge in [0, 0.05) is 31.4 Å². The molecule has 1 aliphatic rings. The van der Waals surface area contributed by atoms with Gasteiger partial charge in [-0.25, -0.2) is 4.79 Å². The molecule has 1 saturated heterocycles. The number of para-hydroxylation sites is 1. The number of hydrogen-bond acceptors (Lipinski definition) is 3. The molecule has 0 aliphatic carbocycles. The van der Waals surface area contributed by atoms with Crippen LogP contribution >= 0.6 is 0 Å². The quantitative estimate of drug-likeness (QED) is 0.873. The minimum atomic E-state index is -0.143. The van der Waals surface area contributed by atoms with Gasteiger partial charge in [0.2, 0.25) is 0 Å². The summed E-state index contributed by atoms with van der Waals surface area (Å²) < 4.78 is 5.34. The van der Waals surface area contributed by atoms with E-state index in [2.05, 4.69) is 29.4 Å². The fraction of sp³-hybridized carbons (Fsp3) is 0.562. The van der Waals surface area contributed by atoms with Gasteiger partial charge in [0.15, 0.2) is 0 Å². The van der Waals surface area contributed by atoms with Gasteiger partial charge in [0.05, 0.1) is 13.2 Å². The highest BCUT2D eigenvalue weighted by Gasteiger charge is 2.17. The highest BCUT2D eigenvalue weighted by atomic mass is 16.5. The first-order valence-corrected chi connectivity index (χ1v) is 7.65. The van der Waals surface area contributed by atoms with Crippen LogP contribution in [0, 0.1) is 0 Å². The van der Waals surface area contributed by atoms with Gasteiger partial charge in [0.1, 0.15) is 0 Å². The number of carbonyl (C=O) groups excluding carboxylic acids is 1. The van der Waals surface area contributed by atoms with Gasteiger partial charge in [-0.15, -0.1) is 0 Å². The van der Waals surface area contributed by atoms with E-state index in [0.29, 0.717) is 12.6 Å². The number of ether oxygens (including phenoxy) is 1. The van der Waals surface area contributed by atoms with Crippen molar-refractivity contribution in [2.45, 2.75) is 26.3 Å². The third-order valence-electron chi connectivity index (χ3n) is 3.87. The molecule has 2 amide bonds. The Balaban J connectivity index is 1.79. The summed E-state index contributed by atoms with van der Waals surface area (Å²) in [4.78, 5) is 14.3. The van der Waals surface area contributed by atoms with E-state index in [1.54, 1.807) is 0 Å². The van der Waals surface area contributed by atoms with Crippen LogP contribution in [0.25, 0.3) is 0 Å². The Morgan fingerprint density at radius 1 is 1.33 bits per heavy atom. The molecule has 0 saturated carbocycles. The topological polar surface area (TPSA) is 53.6 Å². The van der Waals surface area contributed by atoms with Crippen LogP contribution in [0.5, 0.6) is 0 Å². The van der Waals surface area contributed by atoms with Gasteiger partial charge >= 0.3 is 6.03 Å². The number of nitrogens with one attached hydrogen (secondary N) is 2. The Hall–Kier alpha value is -1.59. The van der Waals surface area contributed by atoms with E-state index in [1.165, 1.54) is 0 Å². The Bertz CT molecular complexity index is 459. The molecule has 0 unspecified atom stereocenters. The van der Waals surface area contributed by atoms with Crippen molar-refractivity contribution in [1.82, 2.24) is 10.2 Å². The molecule has 116 valence electrons. The third-order valence-corrected chi connectivity index (χ3v) is 3.87.